The number of rotatable bonds is 7. The molecule has 2 aromatic rings. The van der Waals surface area contributed by atoms with Gasteiger partial charge in [-0.3, -0.25) is 9.69 Å². The first kappa shape index (κ1) is 20.0. The van der Waals surface area contributed by atoms with Gasteiger partial charge >= 0.3 is 0 Å². The van der Waals surface area contributed by atoms with Crippen LogP contribution in [0.15, 0.2) is 56.4 Å². The van der Waals surface area contributed by atoms with Crippen molar-refractivity contribution in [3.63, 3.8) is 0 Å². The maximum atomic E-state index is 12.3. The number of carbonyl (C=O) groups excluding carboxylic acids is 1. The van der Waals surface area contributed by atoms with E-state index in [2.05, 4.69) is 42.2 Å². The molecule has 2 rings (SSSR count). The van der Waals surface area contributed by atoms with E-state index in [1.54, 1.807) is 54.5 Å². The molecular weight excluding hydrogens is 474 g/mol. The molecule has 1 aromatic heterocycles. The van der Waals surface area contributed by atoms with E-state index >= 15 is 0 Å². The number of aromatic nitrogens is 1. The van der Waals surface area contributed by atoms with Gasteiger partial charge in [-0.1, -0.05) is 15.9 Å². The highest BCUT2D eigenvalue weighted by molar-refractivity contribution is 9.10. The molecule has 0 aliphatic heterocycles. The third kappa shape index (κ3) is 6.50. The Hall–Kier alpha value is -1.29. The summed E-state index contributed by atoms with van der Waals surface area (Å²) in [5.41, 5.74) is 0. The summed E-state index contributed by atoms with van der Waals surface area (Å²) in [6.07, 6.45) is 1.59. The van der Waals surface area contributed by atoms with Crippen molar-refractivity contribution in [2.24, 2.45) is 0 Å². The van der Waals surface area contributed by atoms with Gasteiger partial charge in [-0.05, 0) is 59.4 Å². The molecular formula is C16H17Br2N3O3S. The summed E-state index contributed by atoms with van der Waals surface area (Å²) in [5.74, 6) is 0.136. The number of sulfone groups is 1. The lowest BCUT2D eigenvalue weighted by Crippen LogP contribution is -2.33. The Balaban J connectivity index is 1.85. The second kappa shape index (κ2) is 8.88. The summed E-state index contributed by atoms with van der Waals surface area (Å²) in [5, 5.41) is 2.67. The molecule has 0 bridgehead atoms. The summed E-state index contributed by atoms with van der Waals surface area (Å²) in [6, 6.07) is 9.96. The van der Waals surface area contributed by atoms with Crippen molar-refractivity contribution in [2.45, 2.75) is 4.90 Å². The molecule has 0 aliphatic carbocycles. The molecule has 0 saturated heterocycles. The zero-order valence-corrected chi connectivity index (χ0v) is 17.4. The summed E-state index contributed by atoms with van der Waals surface area (Å²) >= 11 is 6.55. The van der Waals surface area contributed by atoms with Gasteiger partial charge in [0.05, 0.1) is 17.2 Å². The zero-order valence-electron chi connectivity index (χ0n) is 13.4. The van der Waals surface area contributed by atoms with Crippen LogP contribution in [0.5, 0.6) is 0 Å². The zero-order chi connectivity index (χ0) is 18.4. The highest BCUT2D eigenvalue weighted by atomic mass is 79.9. The quantitative estimate of drug-likeness (QED) is 0.645. The predicted octanol–water partition coefficient (Wildman–Crippen LogP) is 2.95. The lowest BCUT2D eigenvalue weighted by molar-refractivity contribution is -0.117. The molecule has 9 heteroatoms. The number of anilines is 1. The number of amides is 1. The molecule has 0 aliphatic rings. The highest BCUT2D eigenvalue weighted by Gasteiger charge is 2.16. The molecule has 0 spiro atoms. The van der Waals surface area contributed by atoms with Crippen LogP contribution in [0, 0.1) is 0 Å². The molecule has 134 valence electrons. The number of nitrogens with zero attached hydrogens (tertiary/aromatic N) is 2. The van der Waals surface area contributed by atoms with E-state index in [0.717, 1.165) is 8.95 Å². The van der Waals surface area contributed by atoms with Gasteiger partial charge < -0.3 is 5.32 Å². The van der Waals surface area contributed by atoms with E-state index in [4.69, 9.17) is 0 Å². The van der Waals surface area contributed by atoms with Gasteiger partial charge in [0, 0.05) is 21.7 Å². The Morgan fingerprint density at radius 3 is 2.36 bits per heavy atom. The van der Waals surface area contributed by atoms with Gasteiger partial charge in [0.2, 0.25) is 5.91 Å². The maximum absolute atomic E-state index is 12.3. The van der Waals surface area contributed by atoms with Crippen molar-refractivity contribution in [1.29, 1.82) is 0 Å². The van der Waals surface area contributed by atoms with E-state index < -0.39 is 9.84 Å². The van der Waals surface area contributed by atoms with E-state index in [9.17, 15) is 13.2 Å². The first-order valence-corrected chi connectivity index (χ1v) is 10.6. The number of hydrogen-bond acceptors (Lipinski definition) is 5. The van der Waals surface area contributed by atoms with Crippen molar-refractivity contribution in [1.82, 2.24) is 9.88 Å². The number of pyridine rings is 1. The SMILES string of the molecule is CN(CCS(=O)(=O)c1ccc(Br)cc1)CC(=O)Nc1ccc(Br)cn1. The van der Waals surface area contributed by atoms with Crippen molar-refractivity contribution in [3.05, 3.63) is 51.5 Å². The molecule has 1 heterocycles. The van der Waals surface area contributed by atoms with Crippen LogP contribution in [0.4, 0.5) is 5.82 Å². The third-order valence-corrected chi connectivity index (χ3v) is 6.03. The largest absolute Gasteiger partial charge is 0.310 e. The van der Waals surface area contributed by atoms with Crippen LogP contribution in [0.1, 0.15) is 0 Å². The number of likely N-dealkylation sites (N-methyl/N-ethyl adjacent to an activating group) is 1. The Morgan fingerprint density at radius 1 is 1.12 bits per heavy atom. The van der Waals surface area contributed by atoms with Crippen molar-refractivity contribution >= 4 is 53.4 Å². The van der Waals surface area contributed by atoms with Gasteiger partial charge in [0.15, 0.2) is 9.84 Å². The van der Waals surface area contributed by atoms with Gasteiger partial charge in [0.25, 0.3) is 0 Å². The standard InChI is InChI=1S/C16H17Br2N3O3S/c1-21(11-16(22)20-15-7-4-13(18)10-19-15)8-9-25(23,24)14-5-2-12(17)3-6-14/h2-7,10H,8-9,11H2,1H3,(H,19,20,22). The fourth-order valence-corrected chi connectivity index (χ4v) is 3.83. The van der Waals surface area contributed by atoms with Gasteiger partial charge in [0.1, 0.15) is 5.82 Å². The topological polar surface area (TPSA) is 79.4 Å². The minimum absolute atomic E-state index is 0.0606. The summed E-state index contributed by atoms with van der Waals surface area (Å²) < 4.78 is 26.2. The number of halogens is 2. The normalized spacial score (nSPS) is 11.5. The Morgan fingerprint density at radius 2 is 1.76 bits per heavy atom. The second-order valence-corrected chi connectivity index (χ2v) is 9.36. The average Bonchev–Trinajstić information content (AvgIpc) is 2.55. The van der Waals surface area contributed by atoms with Crippen LogP contribution in [-0.2, 0) is 14.6 Å². The van der Waals surface area contributed by atoms with Crippen LogP contribution in [0.2, 0.25) is 0 Å². The molecule has 1 amide bonds. The van der Waals surface area contributed by atoms with Crippen LogP contribution >= 0.6 is 31.9 Å². The monoisotopic (exact) mass is 489 g/mol. The number of carbonyl (C=O) groups is 1. The minimum Gasteiger partial charge on any atom is -0.310 e. The van der Waals surface area contributed by atoms with E-state index in [-0.39, 0.29) is 29.6 Å². The van der Waals surface area contributed by atoms with Crippen LogP contribution in [0.25, 0.3) is 0 Å². The fraction of sp³-hybridized carbons (Fsp3) is 0.250. The number of benzene rings is 1. The summed E-state index contributed by atoms with van der Waals surface area (Å²) in [4.78, 5) is 18.0. The minimum atomic E-state index is -3.38. The van der Waals surface area contributed by atoms with Gasteiger partial charge in [-0.25, -0.2) is 13.4 Å². The number of hydrogen-bond donors (Lipinski definition) is 1. The van der Waals surface area contributed by atoms with E-state index in [1.165, 1.54) is 0 Å². The highest BCUT2D eigenvalue weighted by Crippen LogP contribution is 2.16. The Bertz CT molecular complexity index is 825. The third-order valence-electron chi connectivity index (χ3n) is 3.32. The first-order chi connectivity index (χ1) is 11.8. The van der Waals surface area contributed by atoms with Crippen molar-refractivity contribution < 1.29 is 13.2 Å². The molecule has 0 saturated carbocycles. The lowest BCUT2D eigenvalue weighted by atomic mass is 10.4. The smallest absolute Gasteiger partial charge is 0.239 e. The molecule has 0 fully saturated rings. The van der Waals surface area contributed by atoms with E-state index in [1.807, 2.05) is 0 Å². The van der Waals surface area contributed by atoms with Gasteiger partial charge in [-0.15, -0.1) is 0 Å². The summed E-state index contributed by atoms with van der Waals surface area (Å²) in [6.45, 7) is 0.327. The molecule has 1 N–H and O–H groups in total. The maximum Gasteiger partial charge on any atom is 0.239 e. The number of nitrogens with one attached hydrogen (secondary N) is 1. The average molecular weight is 491 g/mol. The second-order valence-electron chi connectivity index (χ2n) is 5.42. The first-order valence-electron chi connectivity index (χ1n) is 7.34. The molecule has 25 heavy (non-hydrogen) atoms. The van der Waals surface area contributed by atoms with Crippen molar-refractivity contribution in [3.8, 4) is 0 Å². The molecule has 0 atom stereocenters. The Labute approximate surface area is 163 Å². The summed E-state index contributed by atoms with van der Waals surface area (Å²) in [7, 11) is -1.68. The van der Waals surface area contributed by atoms with Gasteiger partial charge in [-0.2, -0.15) is 0 Å². The molecule has 1 aromatic carbocycles. The Kier molecular flexibility index (Phi) is 7.12. The van der Waals surface area contributed by atoms with Crippen LogP contribution in [0.3, 0.4) is 0 Å². The fourth-order valence-electron chi connectivity index (χ4n) is 1.99. The van der Waals surface area contributed by atoms with Crippen LogP contribution in [-0.4, -0.2) is 50.1 Å². The van der Waals surface area contributed by atoms with Crippen molar-refractivity contribution in [2.75, 3.05) is 31.2 Å². The van der Waals surface area contributed by atoms with Crippen LogP contribution < -0.4 is 5.32 Å². The molecule has 6 nitrogen and oxygen atoms in total. The molecule has 0 unspecified atom stereocenters. The van der Waals surface area contributed by atoms with E-state index in [0.29, 0.717) is 5.82 Å². The molecule has 0 radical (unpaired) electrons. The lowest BCUT2D eigenvalue weighted by Gasteiger charge is -2.16. The predicted molar refractivity (Wildman–Crippen MR) is 104 cm³/mol.